The van der Waals surface area contributed by atoms with Crippen LogP contribution in [0.25, 0.3) is 0 Å². The number of hydrogen-bond acceptors (Lipinski definition) is 2. The normalized spacial score (nSPS) is 10.2. The third-order valence-electron chi connectivity index (χ3n) is 2.33. The zero-order valence-corrected chi connectivity index (χ0v) is 12.1. The summed E-state index contributed by atoms with van der Waals surface area (Å²) in [5.74, 6) is -0.134. The molecule has 2 amide bonds. The lowest BCUT2D eigenvalue weighted by Crippen LogP contribution is -2.23. The van der Waals surface area contributed by atoms with E-state index in [1.807, 2.05) is 38.1 Å². The van der Waals surface area contributed by atoms with Crippen LogP contribution < -0.4 is 10.6 Å². The van der Waals surface area contributed by atoms with Crippen LogP contribution in [0.1, 0.15) is 19.4 Å². The van der Waals surface area contributed by atoms with E-state index in [9.17, 15) is 9.59 Å². The Morgan fingerprint density at radius 3 is 2.67 bits per heavy atom. The van der Waals surface area contributed by atoms with Crippen molar-refractivity contribution in [1.29, 1.82) is 0 Å². The first-order valence-corrected chi connectivity index (χ1v) is 6.87. The summed E-state index contributed by atoms with van der Waals surface area (Å²) in [6, 6.07) is 7.44. The minimum Gasteiger partial charge on any atom is -0.351 e. The van der Waals surface area contributed by atoms with Crippen LogP contribution in [0.4, 0.5) is 5.69 Å². The summed E-state index contributed by atoms with van der Waals surface area (Å²) in [6.07, 6.45) is 0. The standard InChI is InChI=1S/C13H17BrN2O2/c1-9(2)13(18)16-11-5-3-4-10(6-11)8-15-12(17)7-14/h3-6,9H,7-8H2,1-2H3,(H,15,17)(H,16,18). The second-order valence-corrected chi connectivity index (χ2v) is 4.82. The Bertz CT molecular complexity index is 433. The molecule has 0 saturated heterocycles. The highest BCUT2D eigenvalue weighted by Crippen LogP contribution is 2.11. The number of halogens is 1. The Balaban J connectivity index is 2.62. The van der Waals surface area contributed by atoms with Crippen molar-refractivity contribution < 1.29 is 9.59 Å². The molecule has 1 aromatic rings. The van der Waals surface area contributed by atoms with Crippen molar-refractivity contribution in [2.24, 2.45) is 5.92 Å². The first-order valence-electron chi connectivity index (χ1n) is 5.75. The van der Waals surface area contributed by atoms with Gasteiger partial charge in [-0.2, -0.15) is 0 Å². The predicted molar refractivity (Wildman–Crippen MR) is 75.6 cm³/mol. The molecule has 0 aliphatic carbocycles. The molecular formula is C13H17BrN2O2. The number of anilines is 1. The molecular weight excluding hydrogens is 296 g/mol. The first kappa shape index (κ1) is 14.7. The van der Waals surface area contributed by atoms with Crippen molar-refractivity contribution >= 4 is 33.4 Å². The fraction of sp³-hybridized carbons (Fsp3) is 0.385. The lowest BCUT2D eigenvalue weighted by atomic mass is 10.1. The van der Waals surface area contributed by atoms with E-state index in [4.69, 9.17) is 0 Å². The maximum Gasteiger partial charge on any atom is 0.230 e. The molecule has 2 N–H and O–H groups in total. The zero-order chi connectivity index (χ0) is 13.5. The molecule has 0 unspecified atom stereocenters. The van der Waals surface area contributed by atoms with Gasteiger partial charge in [0.15, 0.2) is 0 Å². The van der Waals surface area contributed by atoms with Crippen LogP contribution in [0.5, 0.6) is 0 Å². The van der Waals surface area contributed by atoms with Gasteiger partial charge in [0.2, 0.25) is 11.8 Å². The number of amides is 2. The van der Waals surface area contributed by atoms with Crippen LogP contribution >= 0.6 is 15.9 Å². The fourth-order valence-electron chi connectivity index (χ4n) is 1.29. The summed E-state index contributed by atoms with van der Waals surface area (Å²) in [7, 11) is 0. The molecule has 1 rings (SSSR count). The molecule has 0 spiro atoms. The molecule has 0 heterocycles. The van der Waals surface area contributed by atoms with Crippen LogP contribution in [-0.2, 0) is 16.1 Å². The van der Waals surface area contributed by atoms with Gasteiger partial charge < -0.3 is 10.6 Å². The average Bonchev–Trinajstić information content (AvgIpc) is 2.36. The monoisotopic (exact) mass is 312 g/mol. The van der Waals surface area contributed by atoms with Gasteiger partial charge in [-0.3, -0.25) is 9.59 Å². The van der Waals surface area contributed by atoms with Crippen molar-refractivity contribution in [2.75, 3.05) is 10.6 Å². The number of carbonyl (C=O) groups excluding carboxylic acids is 2. The Kier molecular flexibility index (Phi) is 5.85. The number of benzene rings is 1. The van der Waals surface area contributed by atoms with Crippen LogP contribution in [-0.4, -0.2) is 17.1 Å². The Morgan fingerprint density at radius 1 is 1.33 bits per heavy atom. The van der Waals surface area contributed by atoms with Crippen LogP contribution in [0.2, 0.25) is 0 Å². The maximum atomic E-state index is 11.5. The first-order chi connectivity index (χ1) is 8.52. The van der Waals surface area contributed by atoms with E-state index in [-0.39, 0.29) is 23.1 Å². The van der Waals surface area contributed by atoms with Crippen molar-refractivity contribution in [1.82, 2.24) is 5.32 Å². The largest absolute Gasteiger partial charge is 0.351 e. The molecule has 5 heteroatoms. The van der Waals surface area contributed by atoms with Gasteiger partial charge in [-0.1, -0.05) is 41.9 Å². The Labute approximate surface area is 115 Å². The van der Waals surface area contributed by atoms with Crippen molar-refractivity contribution in [2.45, 2.75) is 20.4 Å². The molecule has 0 radical (unpaired) electrons. The summed E-state index contributed by atoms with van der Waals surface area (Å²) in [5.41, 5.74) is 1.70. The molecule has 0 fully saturated rings. The van der Waals surface area contributed by atoms with E-state index in [1.165, 1.54) is 0 Å². The fourth-order valence-corrected chi connectivity index (χ4v) is 1.49. The molecule has 18 heavy (non-hydrogen) atoms. The number of nitrogens with one attached hydrogen (secondary N) is 2. The highest BCUT2D eigenvalue weighted by molar-refractivity contribution is 9.09. The number of alkyl halides is 1. The summed E-state index contributed by atoms with van der Waals surface area (Å²) >= 11 is 3.08. The SMILES string of the molecule is CC(C)C(=O)Nc1cccc(CNC(=O)CBr)c1. The van der Waals surface area contributed by atoms with Crippen molar-refractivity contribution in [3.8, 4) is 0 Å². The van der Waals surface area contributed by atoms with Gasteiger partial charge in [0.25, 0.3) is 0 Å². The van der Waals surface area contributed by atoms with Crippen molar-refractivity contribution in [3.05, 3.63) is 29.8 Å². The highest BCUT2D eigenvalue weighted by atomic mass is 79.9. The minimum atomic E-state index is -0.0633. The van der Waals surface area contributed by atoms with E-state index in [0.717, 1.165) is 11.3 Å². The van der Waals surface area contributed by atoms with Gasteiger partial charge in [0.1, 0.15) is 0 Å². The second kappa shape index (κ2) is 7.16. The lowest BCUT2D eigenvalue weighted by Gasteiger charge is -2.09. The van der Waals surface area contributed by atoms with Gasteiger partial charge >= 0.3 is 0 Å². The number of hydrogen-bond donors (Lipinski definition) is 2. The van der Waals surface area contributed by atoms with Crippen LogP contribution in [0.15, 0.2) is 24.3 Å². The quantitative estimate of drug-likeness (QED) is 0.820. The molecule has 0 saturated carbocycles. The Hall–Kier alpha value is -1.36. The van der Waals surface area contributed by atoms with Gasteiger partial charge in [-0.15, -0.1) is 0 Å². The zero-order valence-electron chi connectivity index (χ0n) is 10.5. The number of carbonyl (C=O) groups is 2. The summed E-state index contributed by atoms with van der Waals surface area (Å²) in [4.78, 5) is 22.7. The maximum absolute atomic E-state index is 11.5. The van der Waals surface area contributed by atoms with E-state index >= 15 is 0 Å². The minimum absolute atomic E-state index is 0.0170. The van der Waals surface area contributed by atoms with Gasteiger partial charge in [0.05, 0.1) is 5.33 Å². The van der Waals surface area contributed by atoms with E-state index in [2.05, 4.69) is 26.6 Å². The molecule has 0 aromatic heterocycles. The van der Waals surface area contributed by atoms with Crippen LogP contribution in [0, 0.1) is 5.92 Å². The summed E-state index contributed by atoms with van der Waals surface area (Å²) in [5, 5.41) is 5.86. The summed E-state index contributed by atoms with van der Waals surface area (Å²) < 4.78 is 0. The topological polar surface area (TPSA) is 58.2 Å². The van der Waals surface area contributed by atoms with E-state index in [0.29, 0.717) is 6.54 Å². The predicted octanol–water partition coefficient (Wildman–Crippen LogP) is 2.29. The average molecular weight is 313 g/mol. The molecule has 0 bridgehead atoms. The smallest absolute Gasteiger partial charge is 0.230 e. The van der Waals surface area contributed by atoms with Gasteiger partial charge in [-0.25, -0.2) is 0 Å². The molecule has 98 valence electrons. The third kappa shape index (κ3) is 4.87. The molecule has 0 aliphatic heterocycles. The Morgan fingerprint density at radius 2 is 2.06 bits per heavy atom. The van der Waals surface area contributed by atoms with Crippen LogP contribution in [0.3, 0.4) is 0 Å². The third-order valence-corrected chi connectivity index (χ3v) is 2.84. The highest BCUT2D eigenvalue weighted by Gasteiger charge is 2.07. The second-order valence-electron chi connectivity index (χ2n) is 4.25. The molecule has 4 nitrogen and oxygen atoms in total. The van der Waals surface area contributed by atoms with Gasteiger partial charge in [0, 0.05) is 18.2 Å². The summed E-state index contributed by atoms with van der Waals surface area (Å²) in [6.45, 7) is 4.14. The molecule has 1 aromatic carbocycles. The molecule has 0 aliphatic rings. The van der Waals surface area contributed by atoms with E-state index in [1.54, 1.807) is 0 Å². The van der Waals surface area contributed by atoms with Gasteiger partial charge in [-0.05, 0) is 17.7 Å². The number of rotatable bonds is 5. The lowest BCUT2D eigenvalue weighted by molar-refractivity contribution is -0.119. The van der Waals surface area contributed by atoms with Crippen molar-refractivity contribution in [3.63, 3.8) is 0 Å². The molecule has 0 atom stereocenters. The van der Waals surface area contributed by atoms with E-state index < -0.39 is 0 Å².